The van der Waals surface area contributed by atoms with Gasteiger partial charge in [-0.15, -0.1) is 0 Å². The average molecular weight is 218 g/mol. The van der Waals surface area contributed by atoms with Crippen molar-refractivity contribution < 1.29 is 9.90 Å². The van der Waals surface area contributed by atoms with Gasteiger partial charge in [0.05, 0.1) is 5.41 Å². The fraction of sp³-hybridized carbons (Fsp3) is 0.700. The Hall–Kier alpha value is -0.540. The minimum absolute atomic E-state index is 0.564. The van der Waals surface area contributed by atoms with Gasteiger partial charge in [-0.3, -0.25) is 9.69 Å². The van der Waals surface area contributed by atoms with E-state index >= 15 is 0 Å². The van der Waals surface area contributed by atoms with E-state index in [0.717, 1.165) is 19.4 Å². The number of likely N-dealkylation sites (tertiary alicyclic amines) is 1. The van der Waals surface area contributed by atoms with Crippen molar-refractivity contribution in [2.45, 2.75) is 19.8 Å². The van der Waals surface area contributed by atoms with E-state index < -0.39 is 11.4 Å². The molecule has 0 amide bonds. The van der Waals surface area contributed by atoms with Crippen LogP contribution in [0.3, 0.4) is 0 Å². The van der Waals surface area contributed by atoms with Gasteiger partial charge >= 0.3 is 5.97 Å². The molecule has 0 saturated carbocycles. The van der Waals surface area contributed by atoms with Crippen LogP contribution >= 0.6 is 11.6 Å². The van der Waals surface area contributed by atoms with Crippen molar-refractivity contribution in [1.29, 1.82) is 0 Å². The molecule has 0 aliphatic carbocycles. The molecule has 1 aliphatic rings. The highest BCUT2D eigenvalue weighted by molar-refractivity contribution is 6.29. The number of piperidine rings is 1. The molecule has 1 atom stereocenters. The monoisotopic (exact) mass is 217 g/mol. The predicted molar refractivity (Wildman–Crippen MR) is 56.4 cm³/mol. The molecule has 1 saturated heterocycles. The third-order valence-electron chi connectivity index (χ3n) is 2.69. The Bertz CT molecular complexity index is 255. The molecule has 1 N–H and O–H groups in total. The van der Waals surface area contributed by atoms with E-state index in [9.17, 15) is 4.79 Å². The lowest BCUT2D eigenvalue weighted by atomic mass is 9.82. The Labute approximate surface area is 89.3 Å². The molecular weight excluding hydrogens is 202 g/mol. The SMILES string of the molecule is C=C(Cl)CN1CCCC(C)(C(=O)O)C1. The number of hydrogen-bond donors (Lipinski definition) is 1. The van der Waals surface area contributed by atoms with Crippen molar-refractivity contribution in [3.05, 3.63) is 11.6 Å². The van der Waals surface area contributed by atoms with Crippen LogP contribution in [0.1, 0.15) is 19.8 Å². The molecule has 0 radical (unpaired) electrons. The van der Waals surface area contributed by atoms with Gasteiger partial charge in [0.2, 0.25) is 0 Å². The fourth-order valence-electron chi connectivity index (χ4n) is 1.90. The molecule has 1 rings (SSSR count). The molecule has 0 aromatic rings. The van der Waals surface area contributed by atoms with E-state index in [1.165, 1.54) is 0 Å². The van der Waals surface area contributed by atoms with Crippen LogP contribution in [0.4, 0.5) is 0 Å². The van der Waals surface area contributed by atoms with Crippen LogP contribution in [0.2, 0.25) is 0 Å². The van der Waals surface area contributed by atoms with Crippen LogP contribution in [-0.4, -0.2) is 35.6 Å². The largest absolute Gasteiger partial charge is 0.481 e. The van der Waals surface area contributed by atoms with Gasteiger partial charge in [-0.25, -0.2) is 0 Å². The van der Waals surface area contributed by atoms with E-state index in [4.69, 9.17) is 16.7 Å². The minimum atomic E-state index is -0.720. The van der Waals surface area contributed by atoms with E-state index in [1.807, 2.05) is 4.90 Å². The second-order valence-electron chi connectivity index (χ2n) is 4.20. The maximum atomic E-state index is 11.0. The first-order valence-electron chi connectivity index (χ1n) is 4.73. The predicted octanol–water partition coefficient (Wildman–Crippen LogP) is 1.93. The van der Waals surface area contributed by atoms with Crippen molar-refractivity contribution in [3.63, 3.8) is 0 Å². The molecule has 4 heteroatoms. The summed E-state index contributed by atoms with van der Waals surface area (Å²) in [5.41, 5.74) is -0.620. The third kappa shape index (κ3) is 2.72. The summed E-state index contributed by atoms with van der Waals surface area (Å²) < 4.78 is 0. The first-order valence-corrected chi connectivity index (χ1v) is 5.11. The van der Waals surface area contributed by atoms with Crippen molar-refractivity contribution >= 4 is 17.6 Å². The van der Waals surface area contributed by atoms with E-state index in [2.05, 4.69) is 6.58 Å². The van der Waals surface area contributed by atoms with E-state index in [1.54, 1.807) is 6.92 Å². The normalized spacial score (nSPS) is 28.7. The quantitative estimate of drug-likeness (QED) is 0.786. The second-order valence-corrected chi connectivity index (χ2v) is 4.73. The summed E-state index contributed by atoms with van der Waals surface area (Å²) in [5.74, 6) is -0.720. The minimum Gasteiger partial charge on any atom is -0.481 e. The van der Waals surface area contributed by atoms with Gasteiger partial charge in [-0.05, 0) is 26.3 Å². The lowest BCUT2D eigenvalue weighted by Crippen LogP contribution is -2.46. The van der Waals surface area contributed by atoms with E-state index in [0.29, 0.717) is 18.1 Å². The maximum absolute atomic E-state index is 11.0. The van der Waals surface area contributed by atoms with Gasteiger partial charge in [-0.2, -0.15) is 0 Å². The van der Waals surface area contributed by atoms with Gasteiger partial charge < -0.3 is 5.11 Å². The third-order valence-corrected chi connectivity index (χ3v) is 2.81. The van der Waals surface area contributed by atoms with Crippen molar-refractivity contribution in [2.24, 2.45) is 5.41 Å². The lowest BCUT2D eigenvalue weighted by molar-refractivity contribution is -0.151. The van der Waals surface area contributed by atoms with Crippen molar-refractivity contribution in [3.8, 4) is 0 Å². The molecule has 0 spiro atoms. The van der Waals surface area contributed by atoms with Crippen molar-refractivity contribution in [1.82, 2.24) is 4.90 Å². The summed E-state index contributed by atoms with van der Waals surface area (Å²) >= 11 is 5.70. The molecule has 0 bridgehead atoms. The zero-order valence-corrected chi connectivity index (χ0v) is 9.18. The number of nitrogens with zero attached hydrogens (tertiary/aromatic N) is 1. The summed E-state index contributed by atoms with van der Waals surface area (Å²) in [5, 5.41) is 9.64. The van der Waals surface area contributed by atoms with Crippen LogP contribution < -0.4 is 0 Å². The molecule has 80 valence electrons. The zero-order chi connectivity index (χ0) is 10.8. The first-order chi connectivity index (χ1) is 6.44. The molecule has 0 aromatic heterocycles. The molecule has 3 nitrogen and oxygen atoms in total. The summed E-state index contributed by atoms with van der Waals surface area (Å²) in [7, 11) is 0. The Balaban J connectivity index is 2.59. The lowest BCUT2D eigenvalue weighted by Gasteiger charge is -2.37. The zero-order valence-electron chi connectivity index (χ0n) is 8.42. The molecule has 1 unspecified atom stereocenters. The molecule has 1 heterocycles. The van der Waals surface area contributed by atoms with Gasteiger partial charge in [0.1, 0.15) is 0 Å². The number of carboxylic acids is 1. The van der Waals surface area contributed by atoms with E-state index in [-0.39, 0.29) is 0 Å². The van der Waals surface area contributed by atoms with Crippen LogP contribution in [0.5, 0.6) is 0 Å². The van der Waals surface area contributed by atoms with Gasteiger partial charge in [0, 0.05) is 18.1 Å². The number of aliphatic carboxylic acids is 1. The Kier molecular flexibility index (Phi) is 3.56. The van der Waals surface area contributed by atoms with Crippen LogP contribution in [0.15, 0.2) is 11.6 Å². The second kappa shape index (κ2) is 4.32. The van der Waals surface area contributed by atoms with Gasteiger partial charge in [0.25, 0.3) is 0 Å². The molecular formula is C10H16ClNO2. The smallest absolute Gasteiger partial charge is 0.310 e. The summed E-state index contributed by atoms with van der Waals surface area (Å²) in [6, 6.07) is 0. The van der Waals surface area contributed by atoms with Crippen LogP contribution in [0, 0.1) is 5.41 Å². The highest BCUT2D eigenvalue weighted by Gasteiger charge is 2.37. The van der Waals surface area contributed by atoms with Crippen LogP contribution in [0.25, 0.3) is 0 Å². The highest BCUT2D eigenvalue weighted by atomic mass is 35.5. The molecule has 0 aromatic carbocycles. The molecule has 1 aliphatic heterocycles. The maximum Gasteiger partial charge on any atom is 0.310 e. The molecule has 14 heavy (non-hydrogen) atoms. The standard InChI is InChI=1S/C10H16ClNO2/c1-8(11)6-12-5-3-4-10(2,7-12)9(13)14/h1,3-7H2,2H3,(H,13,14). The number of carboxylic acid groups (broad SMARTS) is 1. The van der Waals surface area contributed by atoms with Crippen LogP contribution in [-0.2, 0) is 4.79 Å². The number of hydrogen-bond acceptors (Lipinski definition) is 2. The van der Waals surface area contributed by atoms with Crippen molar-refractivity contribution in [2.75, 3.05) is 19.6 Å². The van der Waals surface area contributed by atoms with Gasteiger partial charge in [0.15, 0.2) is 0 Å². The molecule has 1 fully saturated rings. The number of rotatable bonds is 3. The first kappa shape index (κ1) is 11.5. The van der Waals surface area contributed by atoms with Gasteiger partial charge in [-0.1, -0.05) is 18.2 Å². The fourth-order valence-corrected chi connectivity index (χ4v) is 2.07. The Morgan fingerprint density at radius 1 is 1.71 bits per heavy atom. The summed E-state index contributed by atoms with van der Waals surface area (Å²) in [6.45, 7) is 7.47. The Morgan fingerprint density at radius 2 is 2.36 bits per heavy atom. The number of halogens is 1. The highest BCUT2D eigenvalue weighted by Crippen LogP contribution is 2.29. The summed E-state index contributed by atoms with van der Waals surface area (Å²) in [4.78, 5) is 13.1. The summed E-state index contributed by atoms with van der Waals surface area (Å²) in [6.07, 6.45) is 1.65. The number of carbonyl (C=O) groups is 1. The topological polar surface area (TPSA) is 40.5 Å². The average Bonchev–Trinajstić information content (AvgIpc) is 2.02. The Morgan fingerprint density at radius 3 is 2.86 bits per heavy atom.